The monoisotopic (exact) mass is 194 g/mol. The molecule has 2 N–H and O–H groups in total. The Morgan fingerprint density at radius 3 is 3.00 bits per heavy atom. The van der Waals surface area contributed by atoms with Crippen molar-refractivity contribution in [2.24, 2.45) is 0 Å². The minimum absolute atomic E-state index is 0.486. The van der Waals surface area contributed by atoms with Crippen molar-refractivity contribution in [3.05, 3.63) is 36.0 Å². The van der Waals surface area contributed by atoms with E-state index in [0.717, 1.165) is 6.54 Å². The number of alkyl halides is 1. The predicted molar refractivity (Wildman–Crippen MR) is 55.9 cm³/mol. The Bertz CT molecular complexity index is 394. The number of H-pyrrole nitrogens is 1. The summed E-state index contributed by atoms with van der Waals surface area (Å²) in [5, 5.41) is 4.35. The van der Waals surface area contributed by atoms with Gasteiger partial charge >= 0.3 is 0 Å². The minimum atomic E-state index is 0.486. The second-order valence-corrected chi connectivity index (χ2v) is 3.19. The van der Waals surface area contributed by atoms with Crippen LogP contribution in [0, 0.1) is 0 Å². The SMILES string of the molecule is ClCNCc1c[nH]c2ccccc12. The van der Waals surface area contributed by atoms with Crippen LogP contribution in [-0.2, 0) is 6.54 Å². The zero-order chi connectivity index (χ0) is 9.10. The van der Waals surface area contributed by atoms with E-state index in [1.54, 1.807) is 0 Å². The Labute approximate surface area is 81.9 Å². The molecule has 0 aliphatic carbocycles. The van der Waals surface area contributed by atoms with Gasteiger partial charge in [-0.25, -0.2) is 0 Å². The molecule has 13 heavy (non-hydrogen) atoms. The van der Waals surface area contributed by atoms with E-state index in [1.165, 1.54) is 16.5 Å². The summed E-state index contributed by atoms with van der Waals surface area (Å²) in [5.74, 6) is 0. The highest BCUT2D eigenvalue weighted by molar-refractivity contribution is 6.17. The van der Waals surface area contributed by atoms with Gasteiger partial charge in [0.05, 0.1) is 6.00 Å². The number of hydrogen-bond acceptors (Lipinski definition) is 1. The fraction of sp³-hybridized carbons (Fsp3) is 0.200. The maximum atomic E-state index is 5.55. The van der Waals surface area contributed by atoms with Gasteiger partial charge < -0.3 is 4.98 Å². The molecule has 1 aromatic carbocycles. The van der Waals surface area contributed by atoms with Crippen LogP contribution in [0.15, 0.2) is 30.5 Å². The van der Waals surface area contributed by atoms with Crippen LogP contribution >= 0.6 is 11.6 Å². The summed E-state index contributed by atoms with van der Waals surface area (Å²) >= 11 is 5.55. The van der Waals surface area contributed by atoms with Gasteiger partial charge in [-0.2, -0.15) is 0 Å². The topological polar surface area (TPSA) is 27.8 Å². The first-order valence-corrected chi connectivity index (χ1v) is 4.77. The van der Waals surface area contributed by atoms with Gasteiger partial charge in [0.2, 0.25) is 0 Å². The number of fused-ring (bicyclic) bond motifs is 1. The smallest absolute Gasteiger partial charge is 0.0716 e. The summed E-state index contributed by atoms with van der Waals surface area (Å²) in [7, 11) is 0. The number of nitrogens with one attached hydrogen (secondary N) is 2. The molecule has 2 nitrogen and oxygen atoms in total. The van der Waals surface area contributed by atoms with E-state index in [9.17, 15) is 0 Å². The zero-order valence-corrected chi connectivity index (χ0v) is 7.93. The minimum Gasteiger partial charge on any atom is -0.361 e. The number of aromatic nitrogens is 1. The second-order valence-electron chi connectivity index (χ2n) is 2.92. The van der Waals surface area contributed by atoms with Gasteiger partial charge in [0.15, 0.2) is 0 Å². The number of aromatic amines is 1. The Kier molecular flexibility index (Phi) is 2.52. The summed E-state index contributed by atoms with van der Waals surface area (Å²) in [6.07, 6.45) is 2.02. The van der Waals surface area contributed by atoms with Gasteiger partial charge in [-0.15, -0.1) is 11.6 Å². The van der Waals surface area contributed by atoms with Crippen LogP contribution in [0.25, 0.3) is 10.9 Å². The number of hydrogen-bond donors (Lipinski definition) is 2. The quantitative estimate of drug-likeness (QED) is 0.570. The maximum absolute atomic E-state index is 5.55. The van der Waals surface area contributed by atoms with Gasteiger partial charge in [-0.3, -0.25) is 5.32 Å². The molecule has 0 bridgehead atoms. The number of para-hydroxylation sites is 1. The van der Waals surface area contributed by atoms with E-state index < -0.39 is 0 Å². The van der Waals surface area contributed by atoms with Gasteiger partial charge in [0, 0.05) is 23.6 Å². The largest absolute Gasteiger partial charge is 0.361 e. The molecule has 3 heteroatoms. The van der Waals surface area contributed by atoms with Crippen LogP contribution in [0.3, 0.4) is 0 Å². The highest BCUT2D eigenvalue weighted by atomic mass is 35.5. The summed E-state index contributed by atoms with van der Waals surface area (Å²) in [5.41, 5.74) is 2.44. The Morgan fingerprint density at radius 2 is 2.15 bits per heavy atom. The van der Waals surface area contributed by atoms with E-state index in [2.05, 4.69) is 22.4 Å². The van der Waals surface area contributed by atoms with Crippen molar-refractivity contribution in [1.29, 1.82) is 0 Å². The van der Waals surface area contributed by atoms with E-state index in [-0.39, 0.29) is 0 Å². The maximum Gasteiger partial charge on any atom is 0.0716 e. The van der Waals surface area contributed by atoms with Crippen LogP contribution in [0.4, 0.5) is 0 Å². The summed E-state index contributed by atoms with van der Waals surface area (Å²) in [6.45, 7) is 0.813. The first-order valence-electron chi connectivity index (χ1n) is 4.23. The lowest BCUT2D eigenvalue weighted by Crippen LogP contribution is -2.09. The van der Waals surface area contributed by atoms with Crippen molar-refractivity contribution in [1.82, 2.24) is 10.3 Å². The molecule has 2 aromatic rings. The zero-order valence-electron chi connectivity index (χ0n) is 7.18. The molecule has 0 aliphatic rings. The average molecular weight is 195 g/mol. The van der Waals surface area contributed by atoms with Crippen molar-refractivity contribution in [3.8, 4) is 0 Å². The van der Waals surface area contributed by atoms with Crippen molar-refractivity contribution in [2.45, 2.75) is 6.54 Å². The molecule has 0 radical (unpaired) electrons. The van der Waals surface area contributed by atoms with Crippen molar-refractivity contribution in [2.75, 3.05) is 6.00 Å². The molecule has 0 unspecified atom stereocenters. The molecular weight excluding hydrogens is 184 g/mol. The van der Waals surface area contributed by atoms with Crippen LogP contribution in [-0.4, -0.2) is 11.0 Å². The van der Waals surface area contributed by atoms with Crippen LogP contribution in [0.1, 0.15) is 5.56 Å². The van der Waals surface area contributed by atoms with E-state index in [4.69, 9.17) is 11.6 Å². The second kappa shape index (κ2) is 3.81. The molecule has 0 saturated carbocycles. The molecule has 1 heterocycles. The standard InChI is InChI=1S/C10H11ClN2/c11-7-12-5-8-6-13-10-4-2-1-3-9(8)10/h1-4,6,12-13H,5,7H2. The molecule has 2 rings (SSSR count). The van der Waals surface area contributed by atoms with Crippen LogP contribution in [0.2, 0.25) is 0 Å². The van der Waals surface area contributed by atoms with Gasteiger partial charge in [-0.05, 0) is 11.6 Å². The first kappa shape index (κ1) is 8.60. The summed E-state index contributed by atoms with van der Waals surface area (Å²) < 4.78 is 0. The van der Waals surface area contributed by atoms with E-state index in [1.807, 2.05) is 18.3 Å². The fourth-order valence-electron chi connectivity index (χ4n) is 1.46. The lowest BCUT2D eigenvalue weighted by Gasteiger charge is -1.97. The molecule has 68 valence electrons. The lowest BCUT2D eigenvalue weighted by molar-refractivity contribution is 0.796. The third kappa shape index (κ3) is 1.69. The Hall–Kier alpha value is -0.990. The number of benzene rings is 1. The first-order chi connectivity index (χ1) is 6.42. The molecule has 0 fully saturated rings. The molecule has 0 atom stereocenters. The van der Waals surface area contributed by atoms with Gasteiger partial charge in [-0.1, -0.05) is 18.2 Å². The molecule has 0 amide bonds. The molecule has 0 aliphatic heterocycles. The number of rotatable bonds is 3. The third-order valence-corrected chi connectivity index (χ3v) is 2.27. The Morgan fingerprint density at radius 1 is 1.31 bits per heavy atom. The highest BCUT2D eigenvalue weighted by Crippen LogP contribution is 2.16. The fourth-order valence-corrected chi connectivity index (χ4v) is 1.55. The third-order valence-electron chi connectivity index (χ3n) is 2.08. The predicted octanol–water partition coefficient (Wildman–Crippen LogP) is 2.45. The van der Waals surface area contributed by atoms with Crippen LogP contribution < -0.4 is 5.32 Å². The number of halogens is 1. The van der Waals surface area contributed by atoms with Gasteiger partial charge in [0.25, 0.3) is 0 Å². The molecular formula is C10H11ClN2. The summed E-state index contributed by atoms with van der Waals surface area (Å²) in [4.78, 5) is 3.21. The normalized spacial score (nSPS) is 10.8. The average Bonchev–Trinajstić information content (AvgIpc) is 2.58. The van der Waals surface area contributed by atoms with Crippen molar-refractivity contribution in [3.63, 3.8) is 0 Å². The van der Waals surface area contributed by atoms with E-state index >= 15 is 0 Å². The Balaban J connectivity index is 2.35. The van der Waals surface area contributed by atoms with Crippen molar-refractivity contribution >= 4 is 22.5 Å². The highest BCUT2D eigenvalue weighted by Gasteiger charge is 2.00. The van der Waals surface area contributed by atoms with E-state index in [0.29, 0.717) is 6.00 Å². The molecule has 0 spiro atoms. The van der Waals surface area contributed by atoms with Crippen molar-refractivity contribution < 1.29 is 0 Å². The van der Waals surface area contributed by atoms with Gasteiger partial charge in [0.1, 0.15) is 0 Å². The van der Waals surface area contributed by atoms with Crippen LogP contribution in [0.5, 0.6) is 0 Å². The lowest BCUT2D eigenvalue weighted by atomic mass is 10.2. The summed E-state index contributed by atoms with van der Waals surface area (Å²) in [6, 6.07) is 8.73. The molecule has 1 aromatic heterocycles. The molecule has 0 saturated heterocycles.